The molecule has 0 bridgehead atoms. The van der Waals surface area contributed by atoms with Crippen molar-refractivity contribution in [2.45, 2.75) is 51.7 Å². The van der Waals surface area contributed by atoms with Crippen molar-refractivity contribution in [1.29, 1.82) is 0 Å². The van der Waals surface area contributed by atoms with Gasteiger partial charge in [0, 0.05) is 32.2 Å². The number of carbonyl (C=O) groups excluding carboxylic acids is 1. The fourth-order valence-corrected chi connectivity index (χ4v) is 2.98. The van der Waals surface area contributed by atoms with Crippen molar-refractivity contribution in [3.63, 3.8) is 0 Å². The van der Waals surface area contributed by atoms with Gasteiger partial charge in [-0.25, -0.2) is 4.79 Å². The van der Waals surface area contributed by atoms with Crippen molar-refractivity contribution in [3.8, 4) is 0 Å². The molecule has 5 heteroatoms. The Kier molecular flexibility index (Phi) is 5.27. The molecule has 2 aliphatic heterocycles. The van der Waals surface area contributed by atoms with Crippen LogP contribution >= 0.6 is 0 Å². The van der Waals surface area contributed by atoms with Crippen LogP contribution in [0.25, 0.3) is 0 Å². The minimum absolute atomic E-state index is 0.162. The van der Waals surface area contributed by atoms with Crippen LogP contribution in [-0.4, -0.2) is 66.8 Å². The quantitative estimate of drug-likeness (QED) is 0.795. The van der Waals surface area contributed by atoms with Crippen LogP contribution in [0.15, 0.2) is 0 Å². The molecule has 0 saturated carbocycles. The summed E-state index contributed by atoms with van der Waals surface area (Å²) < 4.78 is 5.47. The maximum atomic E-state index is 12.1. The SMILES string of the molecule is CC(C)(C)OC(=O)N1CCCN(C2CCNCC2)CC1. The summed E-state index contributed by atoms with van der Waals surface area (Å²) in [6.45, 7) is 11.7. The molecule has 2 rings (SSSR count). The maximum absolute atomic E-state index is 12.1. The topological polar surface area (TPSA) is 44.8 Å². The highest BCUT2D eigenvalue weighted by atomic mass is 16.6. The minimum atomic E-state index is -0.405. The van der Waals surface area contributed by atoms with E-state index in [2.05, 4.69) is 10.2 Å². The Bertz CT molecular complexity index is 322. The summed E-state index contributed by atoms with van der Waals surface area (Å²) in [6, 6.07) is 0.690. The number of carbonyl (C=O) groups is 1. The van der Waals surface area contributed by atoms with E-state index in [0.29, 0.717) is 6.04 Å². The van der Waals surface area contributed by atoms with E-state index in [4.69, 9.17) is 4.74 Å². The van der Waals surface area contributed by atoms with Crippen molar-refractivity contribution in [2.24, 2.45) is 0 Å². The largest absolute Gasteiger partial charge is 0.444 e. The third-order valence-electron chi connectivity index (χ3n) is 4.01. The van der Waals surface area contributed by atoms with E-state index >= 15 is 0 Å². The van der Waals surface area contributed by atoms with Gasteiger partial charge in [-0.05, 0) is 53.1 Å². The van der Waals surface area contributed by atoms with Crippen molar-refractivity contribution in [3.05, 3.63) is 0 Å². The van der Waals surface area contributed by atoms with Gasteiger partial charge in [0.05, 0.1) is 0 Å². The first-order chi connectivity index (χ1) is 9.46. The molecule has 0 aliphatic carbocycles. The van der Waals surface area contributed by atoms with E-state index in [1.165, 1.54) is 12.8 Å². The number of nitrogens with zero attached hydrogens (tertiary/aromatic N) is 2. The second-order valence-electron chi connectivity index (χ2n) is 6.84. The summed E-state index contributed by atoms with van der Waals surface area (Å²) in [5, 5.41) is 3.41. The predicted molar refractivity (Wildman–Crippen MR) is 79.9 cm³/mol. The molecule has 0 unspecified atom stereocenters. The molecule has 0 aromatic rings. The van der Waals surface area contributed by atoms with Crippen LogP contribution in [0, 0.1) is 0 Å². The highest BCUT2D eigenvalue weighted by Crippen LogP contribution is 2.16. The first kappa shape index (κ1) is 15.6. The van der Waals surface area contributed by atoms with Crippen LogP contribution in [0.5, 0.6) is 0 Å². The summed E-state index contributed by atoms with van der Waals surface area (Å²) in [5.41, 5.74) is -0.405. The van der Waals surface area contributed by atoms with Crippen LogP contribution in [0.2, 0.25) is 0 Å². The molecule has 5 nitrogen and oxygen atoms in total. The third-order valence-corrected chi connectivity index (χ3v) is 4.01. The highest BCUT2D eigenvalue weighted by molar-refractivity contribution is 5.68. The summed E-state index contributed by atoms with van der Waals surface area (Å²) >= 11 is 0. The zero-order valence-electron chi connectivity index (χ0n) is 13.2. The smallest absolute Gasteiger partial charge is 0.410 e. The van der Waals surface area contributed by atoms with Crippen LogP contribution in [0.1, 0.15) is 40.0 Å². The van der Waals surface area contributed by atoms with E-state index in [1.807, 2.05) is 25.7 Å². The number of hydrogen-bond donors (Lipinski definition) is 1. The van der Waals surface area contributed by atoms with Gasteiger partial charge in [-0.3, -0.25) is 4.90 Å². The van der Waals surface area contributed by atoms with E-state index in [1.54, 1.807) is 0 Å². The summed E-state index contributed by atoms with van der Waals surface area (Å²) in [5.74, 6) is 0. The molecule has 0 atom stereocenters. The molecule has 2 fully saturated rings. The van der Waals surface area contributed by atoms with Crippen molar-refractivity contribution >= 4 is 6.09 Å². The van der Waals surface area contributed by atoms with Gasteiger partial charge in [0.15, 0.2) is 0 Å². The lowest BCUT2D eigenvalue weighted by molar-refractivity contribution is 0.0254. The van der Waals surface area contributed by atoms with Gasteiger partial charge in [0.25, 0.3) is 0 Å². The first-order valence-electron chi connectivity index (χ1n) is 7.88. The van der Waals surface area contributed by atoms with Crippen LogP contribution in [0.3, 0.4) is 0 Å². The molecule has 1 N–H and O–H groups in total. The molecule has 0 aromatic heterocycles. The molecule has 0 aromatic carbocycles. The lowest BCUT2D eigenvalue weighted by Gasteiger charge is -2.33. The Labute approximate surface area is 122 Å². The monoisotopic (exact) mass is 283 g/mol. The molecule has 1 amide bonds. The van der Waals surface area contributed by atoms with Gasteiger partial charge in [-0.2, -0.15) is 0 Å². The number of ether oxygens (including phenoxy) is 1. The number of hydrogen-bond acceptors (Lipinski definition) is 4. The molecular formula is C15H29N3O2. The molecule has 0 radical (unpaired) electrons. The van der Waals surface area contributed by atoms with E-state index in [-0.39, 0.29) is 6.09 Å². The fourth-order valence-electron chi connectivity index (χ4n) is 2.98. The Balaban J connectivity index is 1.83. The van der Waals surface area contributed by atoms with Gasteiger partial charge in [0.1, 0.15) is 5.60 Å². The Morgan fingerprint density at radius 2 is 1.80 bits per heavy atom. The number of piperidine rings is 1. The van der Waals surface area contributed by atoms with Gasteiger partial charge in [0.2, 0.25) is 0 Å². The van der Waals surface area contributed by atoms with Crippen LogP contribution in [-0.2, 0) is 4.74 Å². The molecule has 20 heavy (non-hydrogen) atoms. The summed E-state index contributed by atoms with van der Waals surface area (Å²) in [4.78, 5) is 16.6. The Morgan fingerprint density at radius 3 is 2.45 bits per heavy atom. The Hall–Kier alpha value is -0.810. The fraction of sp³-hybridized carbons (Fsp3) is 0.933. The second-order valence-corrected chi connectivity index (χ2v) is 6.84. The molecule has 0 spiro atoms. The third kappa shape index (κ3) is 4.63. The van der Waals surface area contributed by atoms with Crippen LogP contribution < -0.4 is 5.32 Å². The average molecular weight is 283 g/mol. The van der Waals surface area contributed by atoms with Crippen molar-refractivity contribution in [1.82, 2.24) is 15.1 Å². The predicted octanol–water partition coefficient (Wildman–Crippen LogP) is 1.68. The van der Waals surface area contributed by atoms with Crippen molar-refractivity contribution in [2.75, 3.05) is 39.3 Å². The average Bonchev–Trinajstić information content (AvgIpc) is 2.63. The lowest BCUT2D eigenvalue weighted by Crippen LogP contribution is -2.45. The van der Waals surface area contributed by atoms with Crippen LogP contribution in [0.4, 0.5) is 4.79 Å². The molecule has 2 heterocycles. The summed E-state index contributed by atoms with van der Waals surface area (Å²) in [6.07, 6.45) is 3.34. The minimum Gasteiger partial charge on any atom is -0.444 e. The summed E-state index contributed by atoms with van der Waals surface area (Å²) in [7, 11) is 0. The number of amides is 1. The molecular weight excluding hydrogens is 254 g/mol. The molecule has 2 saturated heterocycles. The number of nitrogens with one attached hydrogen (secondary N) is 1. The van der Waals surface area contributed by atoms with Gasteiger partial charge in [-0.1, -0.05) is 0 Å². The first-order valence-corrected chi connectivity index (χ1v) is 7.88. The highest BCUT2D eigenvalue weighted by Gasteiger charge is 2.27. The van der Waals surface area contributed by atoms with E-state index in [9.17, 15) is 4.79 Å². The normalized spacial score (nSPS) is 23.4. The maximum Gasteiger partial charge on any atom is 0.410 e. The molecule has 2 aliphatic rings. The number of rotatable bonds is 1. The van der Waals surface area contributed by atoms with E-state index in [0.717, 1.165) is 45.7 Å². The van der Waals surface area contributed by atoms with Gasteiger partial charge in [-0.15, -0.1) is 0 Å². The van der Waals surface area contributed by atoms with Gasteiger partial charge >= 0.3 is 6.09 Å². The van der Waals surface area contributed by atoms with Gasteiger partial charge < -0.3 is 15.0 Å². The zero-order valence-corrected chi connectivity index (χ0v) is 13.2. The Morgan fingerprint density at radius 1 is 1.10 bits per heavy atom. The van der Waals surface area contributed by atoms with E-state index < -0.39 is 5.60 Å². The second kappa shape index (κ2) is 6.76. The van der Waals surface area contributed by atoms with Crippen molar-refractivity contribution < 1.29 is 9.53 Å². The standard InChI is InChI=1S/C15H29N3O2/c1-15(2,3)20-14(19)18-10-4-9-17(11-12-18)13-5-7-16-8-6-13/h13,16H,4-12H2,1-3H3. The molecule has 116 valence electrons. The zero-order chi connectivity index (χ0) is 14.6. The lowest BCUT2D eigenvalue weighted by atomic mass is 10.0.